The number of halogens is 2. The zero-order valence-corrected chi connectivity index (χ0v) is 10.7. The van der Waals surface area contributed by atoms with E-state index < -0.39 is 10.8 Å². The highest BCUT2D eigenvalue weighted by molar-refractivity contribution is 5.40. The Kier molecular flexibility index (Phi) is 3.80. The molecular weight excluding hydrogens is 254 g/mol. The number of hydrogen-bond donors (Lipinski definition) is 0. The van der Waals surface area contributed by atoms with E-state index in [0.29, 0.717) is 25.9 Å². The van der Waals surface area contributed by atoms with Crippen LogP contribution in [0.3, 0.4) is 0 Å². The Bertz CT molecular complexity index is 486. The summed E-state index contributed by atoms with van der Waals surface area (Å²) < 4.78 is 26.0. The Labute approximate surface area is 110 Å². The van der Waals surface area contributed by atoms with E-state index in [9.17, 15) is 18.9 Å². The van der Waals surface area contributed by atoms with Crippen LogP contribution in [0, 0.1) is 10.1 Å². The SMILES string of the molecule is CC(F)(F)CN1CCc2ccc([N+](=O)[O-])cc2CC1. The molecule has 0 atom stereocenters. The molecule has 6 heteroatoms. The number of benzene rings is 1. The maximum absolute atomic E-state index is 13.0. The van der Waals surface area contributed by atoms with Crippen molar-refractivity contribution in [2.75, 3.05) is 19.6 Å². The predicted molar refractivity (Wildman–Crippen MR) is 67.6 cm³/mol. The van der Waals surface area contributed by atoms with Crippen molar-refractivity contribution in [1.29, 1.82) is 0 Å². The predicted octanol–water partition coefficient (Wildman–Crippen LogP) is 2.65. The van der Waals surface area contributed by atoms with E-state index in [1.54, 1.807) is 17.0 Å². The maximum atomic E-state index is 13.0. The van der Waals surface area contributed by atoms with E-state index in [4.69, 9.17) is 0 Å². The third-order valence-corrected chi connectivity index (χ3v) is 3.30. The third-order valence-electron chi connectivity index (χ3n) is 3.30. The highest BCUT2D eigenvalue weighted by atomic mass is 19.3. The average molecular weight is 270 g/mol. The Morgan fingerprint density at radius 2 is 1.95 bits per heavy atom. The van der Waals surface area contributed by atoms with E-state index in [1.165, 1.54) is 6.07 Å². The van der Waals surface area contributed by atoms with Crippen molar-refractivity contribution in [2.24, 2.45) is 0 Å². The summed E-state index contributed by atoms with van der Waals surface area (Å²) in [4.78, 5) is 12.0. The lowest BCUT2D eigenvalue weighted by Crippen LogP contribution is -2.36. The second-order valence-electron chi connectivity index (χ2n) is 5.06. The summed E-state index contributed by atoms with van der Waals surface area (Å²) in [7, 11) is 0. The minimum Gasteiger partial charge on any atom is -0.297 e. The van der Waals surface area contributed by atoms with Gasteiger partial charge in [0.1, 0.15) is 0 Å². The summed E-state index contributed by atoms with van der Waals surface area (Å²) in [5, 5.41) is 10.7. The van der Waals surface area contributed by atoms with Gasteiger partial charge in [0.25, 0.3) is 11.6 Å². The van der Waals surface area contributed by atoms with Crippen LogP contribution in [0.2, 0.25) is 0 Å². The molecule has 0 aliphatic carbocycles. The third kappa shape index (κ3) is 3.70. The molecule has 0 radical (unpaired) electrons. The molecule has 0 unspecified atom stereocenters. The molecule has 104 valence electrons. The second-order valence-corrected chi connectivity index (χ2v) is 5.06. The summed E-state index contributed by atoms with van der Waals surface area (Å²) in [6, 6.07) is 4.77. The first-order valence-electron chi connectivity index (χ1n) is 6.21. The first-order chi connectivity index (χ1) is 8.85. The number of nitrogens with zero attached hydrogens (tertiary/aromatic N) is 2. The van der Waals surface area contributed by atoms with Crippen LogP contribution in [0.4, 0.5) is 14.5 Å². The minimum absolute atomic E-state index is 0.0630. The summed E-state index contributed by atoms with van der Waals surface area (Å²) >= 11 is 0. The lowest BCUT2D eigenvalue weighted by molar-refractivity contribution is -0.384. The Balaban J connectivity index is 2.11. The summed E-state index contributed by atoms with van der Waals surface area (Å²) in [6.45, 7) is 1.73. The molecule has 0 aromatic heterocycles. The first-order valence-corrected chi connectivity index (χ1v) is 6.21. The van der Waals surface area contributed by atoms with Crippen LogP contribution in [0.25, 0.3) is 0 Å². The Morgan fingerprint density at radius 3 is 2.53 bits per heavy atom. The van der Waals surface area contributed by atoms with E-state index in [-0.39, 0.29) is 12.2 Å². The number of nitro benzene ring substituents is 1. The summed E-state index contributed by atoms with van der Waals surface area (Å²) in [5.41, 5.74) is 1.98. The molecule has 4 nitrogen and oxygen atoms in total. The van der Waals surface area contributed by atoms with Gasteiger partial charge in [-0.2, -0.15) is 0 Å². The van der Waals surface area contributed by atoms with Crippen LogP contribution >= 0.6 is 0 Å². The van der Waals surface area contributed by atoms with Crippen molar-refractivity contribution in [2.45, 2.75) is 25.7 Å². The number of fused-ring (bicyclic) bond motifs is 1. The average Bonchev–Trinajstić information content (AvgIpc) is 2.49. The fourth-order valence-corrected chi connectivity index (χ4v) is 2.42. The highest BCUT2D eigenvalue weighted by Gasteiger charge is 2.26. The molecule has 0 bridgehead atoms. The molecule has 0 saturated carbocycles. The largest absolute Gasteiger partial charge is 0.297 e. The van der Waals surface area contributed by atoms with E-state index >= 15 is 0 Å². The summed E-state index contributed by atoms with van der Waals surface area (Å²) in [6.07, 6.45) is 1.23. The molecule has 1 aliphatic heterocycles. The topological polar surface area (TPSA) is 46.4 Å². The van der Waals surface area contributed by atoms with Gasteiger partial charge >= 0.3 is 0 Å². The van der Waals surface area contributed by atoms with Gasteiger partial charge < -0.3 is 0 Å². The molecular formula is C13H16F2N2O2. The monoisotopic (exact) mass is 270 g/mol. The summed E-state index contributed by atoms with van der Waals surface area (Å²) in [5.74, 6) is -2.71. The van der Waals surface area contributed by atoms with Crippen molar-refractivity contribution in [3.63, 3.8) is 0 Å². The molecule has 1 heterocycles. The lowest BCUT2D eigenvalue weighted by Gasteiger charge is -2.23. The Hall–Kier alpha value is -1.56. The maximum Gasteiger partial charge on any atom is 0.269 e. The zero-order valence-electron chi connectivity index (χ0n) is 10.7. The molecule has 1 aliphatic rings. The fraction of sp³-hybridized carbons (Fsp3) is 0.538. The van der Waals surface area contributed by atoms with Gasteiger partial charge in [-0.15, -0.1) is 0 Å². The molecule has 19 heavy (non-hydrogen) atoms. The van der Waals surface area contributed by atoms with Crippen LogP contribution in [-0.4, -0.2) is 35.4 Å². The van der Waals surface area contributed by atoms with Crippen molar-refractivity contribution in [1.82, 2.24) is 4.90 Å². The zero-order chi connectivity index (χ0) is 14.0. The van der Waals surface area contributed by atoms with E-state index in [1.807, 2.05) is 0 Å². The smallest absolute Gasteiger partial charge is 0.269 e. The molecule has 2 rings (SSSR count). The molecule has 0 fully saturated rings. The molecule has 0 N–H and O–H groups in total. The van der Waals surface area contributed by atoms with Gasteiger partial charge in [-0.3, -0.25) is 15.0 Å². The van der Waals surface area contributed by atoms with Gasteiger partial charge in [0.05, 0.1) is 11.5 Å². The molecule has 0 spiro atoms. The number of nitro groups is 1. The van der Waals surface area contributed by atoms with Crippen LogP contribution < -0.4 is 0 Å². The molecule has 1 aromatic carbocycles. The second kappa shape index (κ2) is 5.21. The van der Waals surface area contributed by atoms with Crippen LogP contribution in [0.15, 0.2) is 18.2 Å². The van der Waals surface area contributed by atoms with Gasteiger partial charge in [-0.05, 0) is 24.0 Å². The van der Waals surface area contributed by atoms with Gasteiger partial charge in [0.2, 0.25) is 0 Å². The van der Waals surface area contributed by atoms with E-state index in [2.05, 4.69) is 0 Å². The van der Waals surface area contributed by atoms with Crippen LogP contribution in [0.1, 0.15) is 18.1 Å². The quantitative estimate of drug-likeness (QED) is 0.626. The van der Waals surface area contributed by atoms with Gasteiger partial charge in [-0.1, -0.05) is 6.07 Å². The van der Waals surface area contributed by atoms with Gasteiger partial charge in [0.15, 0.2) is 0 Å². The molecule has 0 saturated heterocycles. The number of non-ortho nitro benzene ring substituents is 1. The van der Waals surface area contributed by atoms with Crippen molar-refractivity contribution in [3.8, 4) is 0 Å². The van der Waals surface area contributed by atoms with E-state index in [0.717, 1.165) is 18.1 Å². The highest BCUT2D eigenvalue weighted by Crippen LogP contribution is 2.23. The molecule has 1 aromatic rings. The van der Waals surface area contributed by atoms with Crippen molar-refractivity contribution in [3.05, 3.63) is 39.4 Å². The standard InChI is InChI=1S/C13H16F2N2O2/c1-13(14,15)9-16-6-4-10-2-3-12(17(18)19)8-11(10)5-7-16/h2-3,8H,4-7,9H2,1H3. The normalized spacial score (nSPS) is 16.8. The fourth-order valence-electron chi connectivity index (χ4n) is 2.42. The first kappa shape index (κ1) is 13.9. The molecule has 0 amide bonds. The van der Waals surface area contributed by atoms with Crippen molar-refractivity contribution >= 4 is 5.69 Å². The minimum atomic E-state index is -2.71. The number of hydrogen-bond acceptors (Lipinski definition) is 3. The van der Waals surface area contributed by atoms with Crippen LogP contribution in [0.5, 0.6) is 0 Å². The number of rotatable bonds is 3. The van der Waals surface area contributed by atoms with Gasteiger partial charge in [0, 0.05) is 32.1 Å². The van der Waals surface area contributed by atoms with Crippen LogP contribution in [-0.2, 0) is 12.8 Å². The lowest BCUT2D eigenvalue weighted by atomic mass is 10.0. The van der Waals surface area contributed by atoms with Crippen molar-refractivity contribution < 1.29 is 13.7 Å². The van der Waals surface area contributed by atoms with Gasteiger partial charge in [-0.25, -0.2) is 8.78 Å². The Morgan fingerprint density at radius 1 is 1.32 bits per heavy atom. The number of alkyl halides is 2.